The smallest absolute Gasteiger partial charge is 0.321 e. The first-order chi connectivity index (χ1) is 9.92. The summed E-state index contributed by atoms with van der Waals surface area (Å²) in [6.07, 6.45) is 1.36. The van der Waals surface area contributed by atoms with Gasteiger partial charge in [-0.05, 0) is 25.7 Å². The van der Waals surface area contributed by atoms with Gasteiger partial charge in [0.25, 0.3) is 11.4 Å². The van der Waals surface area contributed by atoms with E-state index in [0.717, 1.165) is 0 Å². The van der Waals surface area contributed by atoms with E-state index in [1.54, 1.807) is 6.92 Å². The van der Waals surface area contributed by atoms with Gasteiger partial charge >= 0.3 is 5.97 Å². The van der Waals surface area contributed by atoms with Gasteiger partial charge in [0.2, 0.25) is 11.8 Å². The van der Waals surface area contributed by atoms with Crippen LogP contribution in [-0.4, -0.2) is 22.5 Å². The number of carbonyl (C=O) groups is 1. The zero-order valence-electron chi connectivity index (χ0n) is 12.4. The molecule has 1 aliphatic carbocycles. The lowest BCUT2D eigenvalue weighted by Gasteiger charge is -2.12. The van der Waals surface area contributed by atoms with Crippen molar-refractivity contribution in [2.45, 2.75) is 39.0 Å². The summed E-state index contributed by atoms with van der Waals surface area (Å²) < 4.78 is 16.4. The second-order valence-corrected chi connectivity index (χ2v) is 6.00. The van der Waals surface area contributed by atoms with Crippen LogP contribution in [0.1, 0.15) is 45.4 Å². The maximum absolute atomic E-state index is 12.2. The number of hydrogen-bond acceptors (Lipinski definition) is 6. The van der Waals surface area contributed by atoms with Crippen LogP contribution in [0.15, 0.2) is 15.4 Å². The molecule has 0 N–H and O–H groups in total. The van der Waals surface area contributed by atoms with Crippen LogP contribution in [0.4, 0.5) is 0 Å². The van der Waals surface area contributed by atoms with Gasteiger partial charge in [0.15, 0.2) is 0 Å². The molecule has 3 rings (SSSR count). The van der Waals surface area contributed by atoms with Crippen molar-refractivity contribution in [3.05, 3.63) is 18.4 Å². The number of hydrogen-bond donors (Lipinski definition) is 0. The Hall–Kier alpha value is -2.11. The van der Waals surface area contributed by atoms with Crippen molar-refractivity contribution in [2.24, 2.45) is 5.92 Å². The molecule has 0 amide bonds. The van der Waals surface area contributed by atoms with E-state index in [2.05, 4.69) is 16.5 Å². The predicted molar refractivity (Wildman–Crippen MR) is 75.5 cm³/mol. The Morgan fingerprint density at radius 2 is 2.00 bits per heavy atom. The highest BCUT2D eigenvalue weighted by Gasteiger charge is 2.57. The van der Waals surface area contributed by atoms with E-state index in [-0.39, 0.29) is 5.97 Å². The number of esters is 1. The van der Waals surface area contributed by atoms with E-state index in [4.69, 9.17) is 13.6 Å². The van der Waals surface area contributed by atoms with Gasteiger partial charge < -0.3 is 13.6 Å². The molecule has 0 atom stereocenters. The highest BCUT2D eigenvalue weighted by molar-refractivity contribution is 5.86. The largest absolute Gasteiger partial charge is 0.465 e. The zero-order chi connectivity index (χ0) is 15.2. The van der Waals surface area contributed by atoms with Gasteiger partial charge in [-0.3, -0.25) is 4.79 Å². The van der Waals surface area contributed by atoms with Crippen LogP contribution in [0.2, 0.25) is 0 Å². The van der Waals surface area contributed by atoms with Crippen LogP contribution in [0.25, 0.3) is 17.0 Å². The highest BCUT2D eigenvalue weighted by atomic mass is 16.5. The third kappa shape index (κ3) is 2.34. The Balaban J connectivity index is 1.84. The number of allylic oxidation sites excluding steroid dienone is 1. The van der Waals surface area contributed by atoms with Crippen LogP contribution in [0.3, 0.4) is 0 Å². The fraction of sp³-hybridized carbons (Fsp3) is 0.533. The van der Waals surface area contributed by atoms with Crippen molar-refractivity contribution in [1.29, 1.82) is 0 Å². The lowest BCUT2D eigenvalue weighted by Crippen LogP contribution is -2.25. The number of nitrogens with zero attached hydrogens (tertiary/aromatic N) is 2. The summed E-state index contributed by atoms with van der Waals surface area (Å²) in [7, 11) is 0. The molecule has 6 nitrogen and oxygen atoms in total. The standard InChI is InChI=1S/C15H18N2O4/c1-8(2)7-19-14(18)15(5-6-15)13-17-12-11(21-13)16-10(20-12)9(3)4/h8H,3,5-7H2,1-2,4H3. The molecule has 2 aromatic heterocycles. The number of rotatable bonds is 5. The summed E-state index contributed by atoms with van der Waals surface area (Å²) >= 11 is 0. The Morgan fingerprint density at radius 1 is 1.33 bits per heavy atom. The van der Waals surface area contributed by atoms with Crippen molar-refractivity contribution in [2.75, 3.05) is 6.61 Å². The summed E-state index contributed by atoms with van der Waals surface area (Å²) in [5, 5.41) is 0. The first kappa shape index (κ1) is 13.9. The zero-order valence-corrected chi connectivity index (χ0v) is 12.4. The molecule has 0 aromatic carbocycles. The predicted octanol–water partition coefficient (Wildman–Crippen LogP) is 3.08. The molecule has 1 aliphatic rings. The summed E-state index contributed by atoms with van der Waals surface area (Å²) in [6.45, 7) is 9.93. The lowest BCUT2D eigenvalue weighted by molar-refractivity contribution is -0.148. The lowest BCUT2D eigenvalue weighted by atomic mass is 10.1. The van der Waals surface area contributed by atoms with Crippen LogP contribution >= 0.6 is 0 Å². The Labute approximate surface area is 122 Å². The number of carbonyl (C=O) groups excluding carboxylic acids is 1. The molecule has 0 aliphatic heterocycles. The topological polar surface area (TPSA) is 78.4 Å². The molecule has 0 bridgehead atoms. The summed E-state index contributed by atoms with van der Waals surface area (Å²) in [6, 6.07) is 0. The van der Waals surface area contributed by atoms with Crippen molar-refractivity contribution < 1.29 is 18.4 Å². The number of oxazole rings is 2. The highest BCUT2D eigenvalue weighted by Crippen LogP contribution is 2.49. The minimum Gasteiger partial charge on any atom is -0.465 e. The molecule has 1 saturated carbocycles. The number of aromatic nitrogens is 2. The third-order valence-corrected chi connectivity index (χ3v) is 3.44. The molecule has 6 heteroatoms. The first-order valence-corrected chi connectivity index (χ1v) is 7.03. The summed E-state index contributed by atoms with van der Waals surface area (Å²) in [5.74, 6) is 0.756. The van der Waals surface area contributed by atoms with Gasteiger partial charge in [-0.15, -0.1) is 0 Å². The van der Waals surface area contributed by atoms with E-state index in [9.17, 15) is 4.79 Å². The average Bonchev–Trinajstić information content (AvgIpc) is 2.97. The molecule has 2 aromatic rings. The van der Waals surface area contributed by atoms with E-state index in [1.807, 2.05) is 13.8 Å². The molecule has 0 spiro atoms. The molecule has 0 unspecified atom stereocenters. The maximum Gasteiger partial charge on any atom is 0.321 e. The minimum atomic E-state index is -0.749. The van der Waals surface area contributed by atoms with Crippen LogP contribution < -0.4 is 0 Å². The fourth-order valence-corrected chi connectivity index (χ4v) is 2.04. The Morgan fingerprint density at radius 3 is 2.52 bits per heavy atom. The third-order valence-electron chi connectivity index (χ3n) is 3.44. The summed E-state index contributed by atoms with van der Waals surface area (Å²) in [5.41, 5.74) is 0.542. The second kappa shape index (κ2) is 4.72. The quantitative estimate of drug-likeness (QED) is 0.787. The fourth-order valence-electron chi connectivity index (χ4n) is 2.04. The van der Waals surface area contributed by atoms with Gasteiger partial charge in [-0.1, -0.05) is 20.4 Å². The number of fused-ring (bicyclic) bond motifs is 1. The average molecular weight is 290 g/mol. The van der Waals surface area contributed by atoms with Crippen molar-refractivity contribution in [3.63, 3.8) is 0 Å². The normalized spacial score (nSPS) is 16.4. The maximum atomic E-state index is 12.2. The van der Waals surface area contributed by atoms with Gasteiger partial charge in [0.1, 0.15) is 5.41 Å². The monoisotopic (exact) mass is 290 g/mol. The van der Waals surface area contributed by atoms with Gasteiger partial charge in [-0.25, -0.2) is 0 Å². The van der Waals surface area contributed by atoms with Crippen LogP contribution in [-0.2, 0) is 14.9 Å². The van der Waals surface area contributed by atoms with E-state index in [1.165, 1.54) is 0 Å². The molecule has 21 heavy (non-hydrogen) atoms. The molecular formula is C15H18N2O4. The number of ether oxygens (including phenoxy) is 1. The molecule has 1 fully saturated rings. The van der Waals surface area contributed by atoms with Crippen LogP contribution in [0, 0.1) is 5.92 Å². The first-order valence-electron chi connectivity index (χ1n) is 7.03. The van der Waals surface area contributed by atoms with Crippen molar-refractivity contribution >= 4 is 23.0 Å². The van der Waals surface area contributed by atoms with Gasteiger partial charge in [0.05, 0.1) is 6.61 Å². The molecule has 112 valence electrons. The second-order valence-electron chi connectivity index (χ2n) is 6.00. The Kier molecular flexibility index (Phi) is 3.11. The van der Waals surface area contributed by atoms with E-state index < -0.39 is 5.41 Å². The SMILES string of the molecule is C=C(C)c1nc2oc(C3(C(=O)OCC(C)C)CC3)nc2o1. The van der Waals surface area contributed by atoms with Crippen LogP contribution in [0.5, 0.6) is 0 Å². The molecular weight excluding hydrogens is 272 g/mol. The Bertz CT molecular complexity index is 675. The van der Waals surface area contributed by atoms with Crippen molar-refractivity contribution in [3.8, 4) is 0 Å². The molecule has 0 radical (unpaired) electrons. The van der Waals surface area contributed by atoms with E-state index in [0.29, 0.717) is 54.1 Å². The van der Waals surface area contributed by atoms with Gasteiger partial charge in [-0.2, -0.15) is 9.97 Å². The summed E-state index contributed by atoms with van der Waals surface area (Å²) in [4.78, 5) is 20.6. The molecule has 2 heterocycles. The molecule has 0 saturated heterocycles. The van der Waals surface area contributed by atoms with Gasteiger partial charge in [0, 0.05) is 5.57 Å². The minimum absolute atomic E-state index is 0.278. The van der Waals surface area contributed by atoms with E-state index >= 15 is 0 Å². The van der Waals surface area contributed by atoms with Crippen molar-refractivity contribution in [1.82, 2.24) is 9.97 Å².